The van der Waals surface area contributed by atoms with E-state index in [0.29, 0.717) is 11.3 Å². The first kappa shape index (κ1) is 14.8. The Morgan fingerprint density at radius 1 is 1.21 bits per heavy atom. The van der Waals surface area contributed by atoms with E-state index in [2.05, 4.69) is 36.7 Å². The normalized spacial score (nSPS) is 13.9. The minimum atomic E-state index is -2.17. The van der Waals surface area contributed by atoms with Crippen molar-refractivity contribution < 1.29 is 13.1 Å². The summed E-state index contributed by atoms with van der Waals surface area (Å²) >= 11 is 0. The van der Waals surface area contributed by atoms with Gasteiger partial charge in [0.25, 0.3) is 5.82 Å². The summed E-state index contributed by atoms with van der Waals surface area (Å²) in [6.45, 7) is 13.6. The minimum absolute atomic E-state index is 0.135. The molecule has 0 fully saturated rings. The molecule has 4 aromatic rings. The number of pyridine rings is 2. The molecule has 4 nitrogen and oxygen atoms in total. The Morgan fingerprint density at radius 2 is 2.00 bits per heavy atom. The summed E-state index contributed by atoms with van der Waals surface area (Å²) in [6, 6.07) is 9.25. The molecule has 4 heteroatoms. The van der Waals surface area contributed by atoms with Crippen LogP contribution in [0, 0.1) is 20.3 Å². The van der Waals surface area contributed by atoms with Crippen LogP contribution in [0.3, 0.4) is 0 Å². The molecule has 0 aliphatic carbocycles. The summed E-state index contributed by atoms with van der Waals surface area (Å²) in [5.74, 6) is 0.287. The highest BCUT2D eigenvalue weighted by atomic mass is 16.3. The molecule has 0 aliphatic rings. The third-order valence-electron chi connectivity index (χ3n) is 5.10. The molecule has 0 atom stereocenters. The second-order valence-electron chi connectivity index (χ2n) is 8.22. The Kier molecular flexibility index (Phi) is 3.26. The molecule has 1 aromatic carbocycles. The molecular weight excluding hydrogens is 346 g/mol. The van der Waals surface area contributed by atoms with Gasteiger partial charge in [0.1, 0.15) is 7.05 Å². The van der Waals surface area contributed by atoms with Crippen LogP contribution in [-0.2, 0) is 12.5 Å². The van der Waals surface area contributed by atoms with E-state index in [-0.39, 0.29) is 16.8 Å². The highest BCUT2D eigenvalue weighted by Gasteiger charge is 2.28. The van der Waals surface area contributed by atoms with Gasteiger partial charge in [-0.15, -0.1) is 0 Å². The SMILES string of the molecule is [2H]C([2H])([2H])c1ccc(-c2c(C)cc(C(C)(C)C)c3c2oc2nc([N+]#[C-])ccc23)[n+](C)c1. The summed E-state index contributed by atoms with van der Waals surface area (Å²) in [5.41, 5.74) is 5.19. The molecule has 140 valence electrons. The van der Waals surface area contributed by atoms with Crippen molar-refractivity contribution in [2.45, 2.75) is 40.0 Å². The second-order valence-corrected chi connectivity index (χ2v) is 8.22. The van der Waals surface area contributed by atoms with Gasteiger partial charge in [0.2, 0.25) is 5.69 Å². The fourth-order valence-corrected chi connectivity index (χ4v) is 3.79. The molecule has 0 saturated carbocycles. The first-order valence-corrected chi connectivity index (χ1v) is 9.17. The lowest BCUT2D eigenvalue weighted by Crippen LogP contribution is -2.31. The first-order valence-electron chi connectivity index (χ1n) is 10.7. The highest BCUT2D eigenvalue weighted by Crippen LogP contribution is 2.42. The zero-order chi connectivity index (χ0) is 22.7. The molecule has 0 saturated heterocycles. The Hall–Kier alpha value is -3.19. The molecule has 4 rings (SSSR count). The van der Waals surface area contributed by atoms with Crippen LogP contribution in [-0.4, -0.2) is 4.98 Å². The maximum atomic E-state index is 7.70. The summed E-state index contributed by atoms with van der Waals surface area (Å²) < 4.78 is 31.2. The van der Waals surface area contributed by atoms with Crippen molar-refractivity contribution in [2.24, 2.45) is 7.05 Å². The van der Waals surface area contributed by atoms with Gasteiger partial charge in [-0.2, -0.15) is 0 Å². The fourth-order valence-electron chi connectivity index (χ4n) is 3.79. The third kappa shape index (κ3) is 2.75. The van der Waals surface area contributed by atoms with E-state index < -0.39 is 6.85 Å². The van der Waals surface area contributed by atoms with Crippen LogP contribution in [0.15, 0.2) is 40.9 Å². The van der Waals surface area contributed by atoms with E-state index in [0.717, 1.165) is 33.2 Å². The maximum Gasteiger partial charge on any atom is 0.322 e. The van der Waals surface area contributed by atoms with E-state index >= 15 is 0 Å². The van der Waals surface area contributed by atoms with E-state index in [1.54, 1.807) is 18.3 Å². The minimum Gasteiger partial charge on any atom is -0.419 e. The number of aryl methyl sites for hydroxylation is 3. The van der Waals surface area contributed by atoms with Gasteiger partial charge in [-0.3, -0.25) is 0 Å². The number of furan rings is 1. The predicted octanol–water partition coefficient (Wildman–Crippen LogP) is 5.94. The molecule has 0 radical (unpaired) electrons. The highest BCUT2D eigenvalue weighted by molar-refractivity contribution is 6.11. The topological polar surface area (TPSA) is 34.3 Å². The number of aromatic nitrogens is 2. The van der Waals surface area contributed by atoms with Gasteiger partial charge >= 0.3 is 5.71 Å². The zero-order valence-corrected chi connectivity index (χ0v) is 16.7. The van der Waals surface area contributed by atoms with Gasteiger partial charge in [0, 0.05) is 21.1 Å². The smallest absolute Gasteiger partial charge is 0.322 e. The summed E-state index contributed by atoms with van der Waals surface area (Å²) in [5, 5.41) is 1.85. The average Bonchev–Trinajstić information content (AvgIpc) is 3.04. The predicted molar refractivity (Wildman–Crippen MR) is 113 cm³/mol. The number of hydrogen-bond acceptors (Lipinski definition) is 2. The van der Waals surface area contributed by atoms with Gasteiger partial charge in [-0.1, -0.05) is 44.5 Å². The molecule has 3 aromatic heterocycles. The van der Waals surface area contributed by atoms with Crippen LogP contribution < -0.4 is 4.57 Å². The lowest BCUT2D eigenvalue weighted by Gasteiger charge is -2.22. The summed E-state index contributed by atoms with van der Waals surface area (Å²) in [4.78, 5) is 7.81. The first-order chi connectivity index (χ1) is 14.4. The number of rotatable bonds is 1. The lowest BCUT2D eigenvalue weighted by atomic mass is 9.82. The third-order valence-corrected chi connectivity index (χ3v) is 5.10. The van der Waals surface area contributed by atoms with E-state index in [1.165, 1.54) is 0 Å². The number of hydrogen-bond donors (Lipinski definition) is 0. The lowest BCUT2D eigenvalue weighted by molar-refractivity contribution is -0.660. The van der Waals surface area contributed by atoms with Crippen molar-refractivity contribution >= 4 is 27.9 Å². The summed E-state index contributed by atoms with van der Waals surface area (Å²) in [7, 11) is 1.84. The standard InChI is InChI=1S/C24H24N3O/c1-14-8-10-18(27(7)13-14)20-15(2)12-17(24(3,4)5)21-16-9-11-19(25-6)26-23(16)28-22(20)21/h8-13H,1-5,7H3/q+1/i1D3. The van der Waals surface area contributed by atoms with Crippen LogP contribution in [0.25, 0.3) is 38.2 Å². The van der Waals surface area contributed by atoms with E-state index in [9.17, 15) is 0 Å². The quantitative estimate of drug-likeness (QED) is 0.306. The Balaban J connectivity index is 2.12. The molecule has 0 aliphatic heterocycles. The monoisotopic (exact) mass is 373 g/mol. The van der Waals surface area contributed by atoms with Crippen molar-refractivity contribution in [3.63, 3.8) is 0 Å². The molecule has 0 bridgehead atoms. The summed E-state index contributed by atoms with van der Waals surface area (Å²) in [6.07, 6.45) is 1.64. The zero-order valence-electron chi connectivity index (χ0n) is 19.7. The van der Waals surface area contributed by atoms with Gasteiger partial charge < -0.3 is 9.26 Å². The van der Waals surface area contributed by atoms with Gasteiger partial charge in [0.05, 0.1) is 10.9 Å². The molecule has 0 unspecified atom stereocenters. The fraction of sp³-hybridized carbons (Fsp3) is 0.292. The maximum absolute atomic E-state index is 7.70. The van der Waals surface area contributed by atoms with Crippen molar-refractivity contribution in [3.8, 4) is 11.3 Å². The average molecular weight is 373 g/mol. The van der Waals surface area contributed by atoms with E-state index in [1.807, 2.05) is 30.7 Å². The van der Waals surface area contributed by atoms with Gasteiger partial charge in [-0.05, 0) is 42.5 Å². The number of benzene rings is 1. The Bertz CT molecular complexity index is 1390. The van der Waals surface area contributed by atoms with Crippen molar-refractivity contribution in [1.82, 2.24) is 4.98 Å². The molecule has 0 spiro atoms. The molecule has 3 heterocycles. The van der Waals surface area contributed by atoms with Crippen molar-refractivity contribution in [3.05, 3.63) is 64.6 Å². The second kappa shape index (κ2) is 6.17. The molecule has 28 heavy (non-hydrogen) atoms. The van der Waals surface area contributed by atoms with Crippen molar-refractivity contribution in [2.75, 3.05) is 0 Å². The molecule has 0 amide bonds. The van der Waals surface area contributed by atoms with Crippen LogP contribution >= 0.6 is 0 Å². The van der Waals surface area contributed by atoms with Crippen LogP contribution in [0.1, 0.15) is 41.6 Å². The molecular formula is C24H24N3O+. The Labute approximate surface area is 169 Å². The van der Waals surface area contributed by atoms with Crippen molar-refractivity contribution in [1.29, 1.82) is 0 Å². The van der Waals surface area contributed by atoms with E-state index in [4.69, 9.17) is 15.1 Å². The molecule has 0 N–H and O–H groups in total. The van der Waals surface area contributed by atoms with Gasteiger partial charge in [-0.25, -0.2) is 4.57 Å². The Morgan fingerprint density at radius 3 is 2.64 bits per heavy atom. The van der Waals surface area contributed by atoms with Crippen LogP contribution in [0.4, 0.5) is 5.82 Å². The van der Waals surface area contributed by atoms with Crippen LogP contribution in [0.2, 0.25) is 0 Å². The largest absolute Gasteiger partial charge is 0.419 e. The number of nitrogens with zero attached hydrogens (tertiary/aromatic N) is 3. The van der Waals surface area contributed by atoms with Crippen LogP contribution in [0.5, 0.6) is 0 Å². The van der Waals surface area contributed by atoms with Gasteiger partial charge in [0.15, 0.2) is 11.8 Å². The number of fused-ring (bicyclic) bond motifs is 3.